The maximum atomic E-state index is 4.38. The zero-order valence-corrected chi connectivity index (χ0v) is 10.6. The van der Waals surface area contributed by atoms with Gasteiger partial charge in [-0.3, -0.25) is 4.98 Å². The zero-order valence-electron chi connectivity index (χ0n) is 10.6. The van der Waals surface area contributed by atoms with E-state index in [0.717, 1.165) is 10.00 Å². The number of quaternary nitrogens is 1. The maximum Gasteiger partial charge on any atom is 0.114 e. The number of aromatic nitrogens is 1. The Morgan fingerprint density at radius 1 is 1.24 bits per heavy atom. The first-order valence-corrected chi connectivity index (χ1v) is 6.34. The summed E-state index contributed by atoms with van der Waals surface area (Å²) in [5.74, 6) is 0. The Balaban J connectivity index is 2.06. The van der Waals surface area contributed by atoms with E-state index in [1.165, 1.54) is 30.3 Å². The van der Waals surface area contributed by atoms with Gasteiger partial charge in [-0.2, -0.15) is 0 Å². The molecule has 0 spiro atoms. The van der Waals surface area contributed by atoms with Crippen molar-refractivity contribution in [2.45, 2.75) is 18.9 Å². The first-order valence-electron chi connectivity index (χ1n) is 6.34. The van der Waals surface area contributed by atoms with E-state index in [2.05, 4.69) is 43.3 Å². The van der Waals surface area contributed by atoms with Gasteiger partial charge in [0.25, 0.3) is 0 Å². The van der Waals surface area contributed by atoms with Crippen LogP contribution < -0.4 is 0 Å². The third-order valence-corrected chi connectivity index (χ3v) is 4.07. The number of hydrogen-bond acceptors (Lipinski definition) is 1. The summed E-state index contributed by atoms with van der Waals surface area (Å²) >= 11 is 0. The minimum absolute atomic E-state index is 0.652. The molecule has 1 aliphatic heterocycles. The summed E-state index contributed by atoms with van der Waals surface area (Å²) in [6.45, 7) is 1.29. The van der Waals surface area contributed by atoms with Crippen LogP contribution >= 0.6 is 0 Å². The maximum absolute atomic E-state index is 4.38. The molecule has 0 saturated carbocycles. The van der Waals surface area contributed by atoms with E-state index in [4.69, 9.17) is 0 Å². The van der Waals surface area contributed by atoms with Crippen molar-refractivity contribution in [1.29, 1.82) is 0 Å². The van der Waals surface area contributed by atoms with Crippen LogP contribution in [-0.2, 0) is 0 Å². The second-order valence-electron chi connectivity index (χ2n) is 5.62. The van der Waals surface area contributed by atoms with Gasteiger partial charge in [0.05, 0.1) is 26.2 Å². The van der Waals surface area contributed by atoms with Gasteiger partial charge in [0.1, 0.15) is 6.04 Å². The van der Waals surface area contributed by atoms with Crippen molar-refractivity contribution in [3.05, 3.63) is 42.1 Å². The molecule has 2 nitrogen and oxygen atoms in total. The Morgan fingerprint density at radius 3 is 2.88 bits per heavy atom. The van der Waals surface area contributed by atoms with E-state index in [0.29, 0.717) is 6.04 Å². The van der Waals surface area contributed by atoms with Crippen LogP contribution in [0, 0.1) is 0 Å². The first kappa shape index (κ1) is 10.7. The molecule has 3 rings (SSSR count). The molecule has 1 aromatic heterocycles. The van der Waals surface area contributed by atoms with Crippen LogP contribution in [0.25, 0.3) is 10.9 Å². The number of hydrogen-bond donors (Lipinski definition) is 0. The molecule has 0 aliphatic carbocycles. The molecular formula is C15H19N2+. The van der Waals surface area contributed by atoms with E-state index in [9.17, 15) is 0 Å². The van der Waals surface area contributed by atoms with Gasteiger partial charge in [-0.1, -0.05) is 12.1 Å². The highest BCUT2D eigenvalue weighted by Crippen LogP contribution is 2.36. The van der Waals surface area contributed by atoms with Crippen LogP contribution in [0.2, 0.25) is 0 Å². The smallest absolute Gasteiger partial charge is 0.114 e. The van der Waals surface area contributed by atoms with E-state index >= 15 is 0 Å². The summed E-state index contributed by atoms with van der Waals surface area (Å²) in [5.41, 5.74) is 2.56. The van der Waals surface area contributed by atoms with Gasteiger partial charge >= 0.3 is 0 Å². The molecule has 2 aromatic rings. The summed E-state index contributed by atoms with van der Waals surface area (Å²) in [6.07, 6.45) is 4.50. The molecule has 0 N–H and O–H groups in total. The number of likely N-dealkylation sites (tertiary alicyclic amines) is 1. The summed E-state index contributed by atoms with van der Waals surface area (Å²) in [5, 5.41) is 1.26. The van der Waals surface area contributed by atoms with E-state index in [1.807, 2.05) is 12.3 Å². The highest BCUT2D eigenvalue weighted by Gasteiger charge is 2.35. The molecule has 2 heteroatoms. The molecule has 0 radical (unpaired) electrons. The van der Waals surface area contributed by atoms with Crippen LogP contribution in [0.5, 0.6) is 0 Å². The molecule has 17 heavy (non-hydrogen) atoms. The quantitative estimate of drug-likeness (QED) is 0.682. The predicted octanol–water partition coefficient (Wildman–Crippen LogP) is 3.15. The molecular weight excluding hydrogens is 208 g/mol. The van der Waals surface area contributed by atoms with E-state index in [1.54, 1.807) is 0 Å². The second-order valence-corrected chi connectivity index (χ2v) is 5.62. The van der Waals surface area contributed by atoms with Crippen molar-refractivity contribution in [2.24, 2.45) is 0 Å². The average molecular weight is 227 g/mol. The minimum atomic E-state index is 0.652. The lowest BCUT2D eigenvalue weighted by Crippen LogP contribution is -2.38. The highest BCUT2D eigenvalue weighted by molar-refractivity contribution is 5.79. The molecule has 0 unspecified atom stereocenters. The SMILES string of the molecule is C[N+]1(C)CCC[C@H]1c1ccc2ncccc2c1. The largest absolute Gasteiger partial charge is 0.322 e. The summed E-state index contributed by atoms with van der Waals surface area (Å²) in [6, 6.07) is 11.5. The molecule has 1 aliphatic rings. The summed E-state index contributed by atoms with van der Waals surface area (Å²) in [4.78, 5) is 4.38. The number of benzene rings is 1. The van der Waals surface area contributed by atoms with Crippen LogP contribution in [0.4, 0.5) is 0 Å². The predicted molar refractivity (Wildman–Crippen MR) is 70.7 cm³/mol. The monoisotopic (exact) mass is 227 g/mol. The van der Waals surface area contributed by atoms with Gasteiger partial charge in [0.15, 0.2) is 0 Å². The number of fused-ring (bicyclic) bond motifs is 1. The van der Waals surface area contributed by atoms with Gasteiger partial charge in [0, 0.05) is 30.0 Å². The van der Waals surface area contributed by atoms with Crippen LogP contribution in [0.3, 0.4) is 0 Å². The summed E-state index contributed by atoms with van der Waals surface area (Å²) < 4.78 is 1.12. The second kappa shape index (κ2) is 3.81. The molecule has 1 saturated heterocycles. The average Bonchev–Trinajstić information content (AvgIpc) is 2.68. The Bertz CT molecular complexity index is 545. The van der Waals surface area contributed by atoms with Crippen molar-refractivity contribution < 1.29 is 4.48 Å². The standard InChI is InChI=1S/C15H19N2/c1-17(2)10-4-6-15(17)13-7-8-14-12(11-13)5-3-9-16-14/h3,5,7-9,11,15H,4,6,10H2,1-2H3/q+1/t15-/m0/s1. The fraction of sp³-hybridized carbons (Fsp3) is 0.400. The molecule has 0 bridgehead atoms. The van der Waals surface area contributed by atoms with Crippen molar-refractivity contribution >= 4 is 10.9 Å². The van der Waals surface area contributed by atoms with E-state index < -0.39 is 0 Å². The molecule has 1 fully saturated rings. The highest BCUT2D eigenvalue weighted by atomic mass is 15.3. The van der Waals surface area contributed by atoms with Crippen LogP contribution in [-0.4, -0.2) is 30.1 Å². The Morgan fingerprint density at radius 2 is 2.12 bits per heavy atom. The fourth-order valence-corrected chi connectivity index (χ4v) is 3.07. The molecule has 88 valence electrons. The lowest BCUT2D eigenvalue weighted by molar-refractivity contribution is -0.908. The number of rotatable bonds is 1. The molecule has 1 aromatic carbocycles. The van der Waals surface area contributed by atoms with Gasteiger partial charge < -0.3 is 4.48 Å². The lowest BCUT2D eigenvalue weighted by atomic mass is 10.0. The van der Waals surface area contributed by atoms with Gasteiger partial charge in [-0.15, -0.1) is 0 Å². The molecule has 2 heterocycles. The zero-order chi connectivity index (χ0) is 11.9. The number of pyridine rings is 1. The van der Waals surface area contributed by atoms with Crippen molar-refractivity contribution in [2.75, 3.05) is 20.6 Å². The van der Waals surface area contributed by atoms with Crippen molar-refractivity contribution in [3.8, 4) is 0 Å². The van der Waals surface area contributed by atoms with Gasteiger partial charge in [-0.05, 0) is 18.2 Å². The first-order chi connectivity index (χ1) is 8.17. The van der Waals surface area contributed by atoms with Gasteiger partial charge in [0.2, 0.25) is 0 Å². The normalized spacial score (nSPS) is 23.1. The molecule has 0 amide bonds. The topological polar surface area (TPSA) is 12.9 Å². The van der Waals surface area contributed by atoms with E-state index in [-0.39, 0.29) is 0 Å². The number of nitrogens with zero attached hydrogens (tertiary/aromatic N) is 2. The Hall–Kier alpha value is -1.41. The third kappa shape index (κ3) is 1.83. The molecule has 1 atom stereocenters. The van der Waals surface area contributed by atoms with Crippen molar-refractivity contribution in [3.63, 3.8) is 0 Å². The third-order valence-electron chi connectivity index (χ3n) is 4.07. The lowest BCUT2D eigenvalue weighted by Gasteiger charge is -2.31. The Labute approximate surface area is 102 Å². The van der Waals surface area contributed by atoms with Crippen LogP contribution in [0.15, 0.2) is 36.5 Å². The van der Waals surface area contributed by atoms with Gasteiger partial charge in [-0.25, -0.2) is 0 Å². The minimum Gasteiger partial charge on any atom is -0.322 e. The van der Waals surface area contributed by atoms with Crippen molar-refractivity contribution in [1.82, 2.24) is 4.98 Å². The summed E-state index contributed by atoms with van der Waals surface area (Å²) in [7, 11) is 4.68. The fourth-order valence-electron chi connectivity index (χ4n) is 3.07. The van der Waals surface area contributed by atoms with Crippen LogP contribution in [0.1, 0.15) is 24.4 Å². The Kier molecular flexibility index (Phi) is 2.40.